The number of methoxy groups -OCH3 is 1. The van der Waals surface area contributed by atoms with E-state index < -0.39 is 0 Å². The molecule has 0 aliphatic carbocycles. The Morgan fingerprint density at radius 3 is 2.50 bits per heavy atom. The number of nitrogens with zero attached hydrogens (tertiary/aromatic N) is 1. The third kappa shape index (κ3) is 5.38. The van der Waals surface area contributed by atoms with Gasteiger partial charge >= 0.3 is 0 Å². The number of likely N-dealkylation sites (tertiary alicyclic amines) is 1. The topological polar surface area (TPSA) is 41.6 Å². The molecule has 0 bridgehead atoms. The van der Waals surface area contributed by atoms with E-state index in [2.05, 4.69) is 36.5 Å². The van der Waals surface area contributed by atoms with Crippen molar-refractivity contribution in [3.05, 3.63) is 71.8 Å². The molecule has 1 amide bonds. The van der Waals surface area contributed by atoms with E-state index in [-0.39, 0.29) is 11.9 Å². The van der Waals surface area contributed by atoms with Gasteiger partial charge in [0.1, 0.15) is 5.75 Å². The molecule has 1 aliphatic heterocycles. The van der Waals surface area contributed by atoms with Crippen molar-refractivity contribution in [3.8, 4) is 5.75 Å². The first-order valence-corrected chi connectivity index (χ1v) is 10.1. The van der Waals surface area contributed by atoms with Crippen molar-refractivity contribution in [2.75, 3.05) is 25.5 Å². The Bertz CT molecular complexity index is 793. The summed E-state index contributed by atoms with van der Waals surface area (Å²) in [5, 5.41) is 3.61. The van der Waals surface area contributed by atoms with Gasteiger partial charge in [0.15, 0.2) is 0 Å². The van der Waals surface area contributed by atoms with Crippen molar-refractivity contribution in [1.82, 2.24) is 4.90 Å². The molecular formula is C24H30N2O2. The lowest BCUT2D eigenvalue weighted by Gasteiger charge is -2.25. The minimum Gasteiger partial charge on any atom is -0.497 e. The molecule has 1 heterocycles. The molecule has 0 aromatic heterocycles. The van der Waals surface area contributed by atoms with E-state index in [4.69, 9.17) is 4.74 Å². The first-order valence-electron chi connectivity index (χ1n) is 10.1. The average molecular weight is 379 g/mol. The Labute approximate surface area is 168 Å². The lowest BCUT2D eigenvalue weighted by Crippen LogP contribution is -2.34. The Hall–Kier alpha value is -2.75. The van der Waals surface area contributed by atoms with E-state index in [0.717, 1.165) is 43.8 Å². The number of carbonyl (C=O) groups excluding carboxylic acids is 1. The first-order chi connectivity index (χ1) is 13.7. The molecule has 148 valence electrons. The molecule has 3 rings (SSSR count). The highest BCUT2D eigenvalue weighted by atomic mass is 16.5. The molecule has 1 saturated heterocycles. The molecule has 2 aromatic carbocycles. The zero-order valence-corrected chi connectivity index (χ0v) is 16.9. The highest BCUT2D eigenvalue weighted by Gasteiger charge is 2.15. The fourth-order valence-corrected chi connectivity index (χ4v) is 3.65. The quantitative estimate of drug-likeness (QED) is 0.680. The van der Waals surface area contributed by atoms with E-state index >= 15 is 0 Å². The monoisotopic (exact) mass is 378 g/mol. The van der Waals surface area contributed by atoms with Gasteiger partial charge in [0.2, 0.25) is 5.91 Å². The van der Waals surface area contributed by atoms with Gasteiger partial charge in [-0.1, -0.05) is 30.3 Å². The molecule has 4 nitrogen and oxygen atoms in total. The summed E-state index contributed by atoms with van der Waals surface area (Å²) in [6, 6.07) is 16.4. The van der Waals surface area contributed by atoms with Gasteiger partial charge in [0.25, 0.3) is 0 Å². The van der Waals surface area contributed by atoms with Gasteiger partial charge in [-0.15, -0.1) is 0 Å². The summed E-state index contributed by atoms with van der Waals surface area (Å²) < 4.78 is 5.25. The van der Waals surface area contributed by atoms with Gasteiger partial charge in [-0.3, -0.25) is 4.79 Å². The Balaban J connectivity index is 1.71. The van der Waals surface area contributed by atoms with Gasteiger partial charge in [-0.2, -0.15) is 0 Å². The standard InChI is InChI=1S/C24H30N2O2/c1-19-9-4-5-10-22(19)23(25-20-13-15-21(28-2)16-14-20)11-8-12-24(27)26-17-6-3-7-18-26/h4-5,8-10,12-16,23,25H,3,6-7,11,17-18H2,1-2H3/b12-8+/t23-/m1/s1. The molecule has 2 aromatic rings. The second-order valence-electron chi connectivity index (χ2n) is 7.31. The van der Waals surface area contributed by atoms with E-state index in [1.807, 2.05) is 35.2 Å². The molecule has 1 N–H and O–H groups in total. The van der Waals surface area contributed by atoms with Crippen LogP contribution in [0.2, 0.25) is 0 Å². The fourth-order valence-electron chi connectivity index (χ4n) is 3.65. The highest BCUT2D eigenvalue weighted by Crippen LogP contribution is 2.27. The maximum absolute atomic E-state index is 12.4. The van der Waals surface area contributed by atoms with Gasteiger partial charge in [0.05, 0.1) is 13.2 Å². The normalized spacial score (nSPS) is 15.4. The van der Waals surface area contributed by atoms with Crippen molar-refractivity contribution in [2.24, 2.45) is 0 Å². The predicted octanol–water partition coefficient (Wildman–Crippen LogP) is 5.12. The average Bonchev–Trinajstić information content (AvgIpc) is 2.74. The van der Waals surface area contributed by atoms with Gasteiger partial charge in [0, 0.05) is 18.8 Å². The third-order valence-corrected chi connectivity index (χ3v) is 5.29. The number of amides is 1. The second-order valence-corrected chi connectivity index (χ2v) is 7.31. The number of ether oxygens (including phenoxy) is 1. The van der Waals surface area contributed by atoms with E-state index in [0.29, 0.717) is 0 Å². The number of nitrogens with one attached hydrogen (secondary N) is 1. The summed E-state index contributed by atoms with van der Waals surface area (Å²) in [5.41, 5.74) is 3.52. The van der Waals surface area contributed by atoms with Crippen LogP contribution in [0.4, 0.5) is 5.69 Å². The Morgan fingerprint density at radius 1 is 1.11 bits per heavy atom. The molecule has 0 unspecified atom stereocenters. The molecule has 1 aliphatic rings. The predicted molar refractivity (Wildman–Crippen MR) is 115 cm³/mol. The largest absolute Gasteiger partial charge is 0.497 e. The van der Waals surface area contributed by atoms with Crippen molar-refractivity contribution >= 4 is 11.6 Å². The van der Waals surface area contributed by atoms with Gasteiger partial charge in [-0.05, 0) is 74.1 Å². The van der Waals surface area contributed by atoms with Crippen molar-refractivity contribution in [1.29, 1.82) is 0 Å². The zero-order valence-electron chi connectivity index (χ0n) is 16.9. The van der Waals surface area contributed by atoms with Crippen molar-refractivity contribution in [2.45, 2.75) is 38.6 Å². The minimum atomic E-state index is 0.0972. The lowest BCUT2D eigenvalue weighted by atomic mass is 9.98. The smallest absolute Gasteiger partial charge is 0.246 e. The molecule has 0 saturated carbocycles. The van der Waals surface area contributed by atoms with Crippen molar-refractivity contribution < 1.29 is 9.53 Å². The summed E-state index contributed by atoms with van der Waals surface area (Å²) >= 11 is 0. The SMILES string of the molecule is COc1ccc(N[C@H](C/C=C/C(=O)N2CCCCC2)c2ccccc2C)cc1. The molecule has 0 radical (unpaired) electrons. The Morgan fingerprint density at radius 2 is 1.82 bits per heavy atom. The van der Waals surface area contributed by atoms with Crippen LogP contribution in [0.3, 0.4) is 0 Å². The summed E-state index contributed by atoms with van der Waals surface area (Å²) in [7, 11) is 1.67. The number of hydrogen-bond donors (Lipinski definition) is 1. The van der Waals surface area contributed by atoms with Crippen LogP contribution in [0.5, 0.6) is 5.75 Å². The van der Waals surface area contributed by atoms with Crippen LogP contribution in [0.25, 0.3) is 0 Å². The highest BCUT2D eigenvalue weighted by molar-refractivity contribution is 5.87. The number of aryl methyl sites for hydroxylation is 1. The summed E-state index contributed by atoms with van der Waals surface area (Å²) in [4.78, 5) is 14.4. The molecular weight excluding hydrogens is 348 g/mol. The summed E-state index contributed by atoms with van der Waals surface area (Å²) in [6.07, 6.45) is 7.96. The van der Waals surface area contributed by atoms with E-state index in [9.17, 15) is 4.79 Å². The number of carbonyl (C=O) groups is 1. The number of benzene rings is 2. The van der Waals surface area contributed by atoms with Crippen molar-refractivity contribution in [3.63, 3.8) is 0 Å². The summed E-state index contributed by atoms with van der Waals surface area (Å²) in [6.45, 7) is 3.89. The minimum absolute atomic E-state index is 0.0972. The van der Waals surface area contributed by atoms with E-state index in [1.54, 1.807) is 13.2 Å². The summed E-state index contributed by atoms with van der Waals surface area (Å²) in [5.74, 6) is 0.970. The number of rotatable bonds is 7. The number of hydrogen-bond acceptors (Lipinski definition) is 3. The second kappa shape index (κ2) is 9.98. The van der Waals surface area contributed by atoms with Crippen LogP contribution in [-0.2, 0) is 4.79 Å². The van der Waals surface area contributed by atoms with Crippen LogP contribution >= 0.6 is 0 Å². The maximum Gasteiger partial charge on any atom is 0.246 e. The van der Waals surface area contributed by atoms with E-state index in [1.165, 1.54) is 17.5 Å². The third-order valence-electron chi connectivity index (χ3n) is 5.29. The first kappa shape index (κ1) is 20.0. The Kier molecular flexibility index (Phi) is 7.12. The number of anilines is 1. The number of piperidine rings is 1. The van der Waals surface area contributed by atoms with Crippen LogP contribution in [0.1, 0.15) is 42.9 Å². The van der Waals surface area contributed by atoms with Crippen LogP contribution in [0, 0.1) is 6.92 Å². The maximum atomic E-state index is 12.4. The van der Waals surface area contributed by atoms with Crippen LogP contribution in [-0.4, -0.2) is 31.0 Å². The molecule has 0 spiro atoms. The molecule has 1 atom stereocenters. The molecule has 1 fully saturated rings. The van der Waals surface area contributed by atoms with Crippen LogP contribution in [0.15, 0.2) is 60.7 Å². The van der Waals surface area contributed by atoms with Crippen LogP contribution < -0.4 is 10.1 Å². The van der Waals surface area contributed by atoms with Gasteiger partial charge < -0.3 is 15.0 Å². The van der Waals surface area contributed by atoms with Gasteiger partial charge in [-0.25, -0.2) is 0 Å². The molecule has 4 heteroatoms. The lowest BCUT2D eigenvalue weighted by molar-refractivity contribution is -0.126. The fraction of sp³-hybridized carbons (Fsp3) is 0.375. The molecule has 28 heavy (non-hydrogen) atoms. The zero-order chi connectivity index (χ0) is 19.8.